The van der Waals surface area contributed by atoms with E-state index in [2.05, 4.69) is 5.32 Å². The Hall–Kier alpha value is -2.50. The lowest BCUT2D eigenvalue weighted by molar-refractivity contribution is -0.138. The third-order valence-electron chi connectivity index (χ3n) is 5.90. The summed E-state index contributed by atoms with van der Waals surface area (Å²) < 4.78 is 45.3. The highest BCUT2D eigenvalue weighted by molar-refractivity contribution is 5.89. The molecule has 148 valence electrons. The number of fused-ring (bicyclic) bond motifs is 1. The van der Waals surface area contributed by atoms with Crippen molar-refractivity contribution in [1.29, 1.82) is 0 Å². The number of alkyl halides is 3. The fraction of sp³-hybridized carbons (Fsp3) is 0.409. The molecule has 1 unspecified atom stereocenters. The Bertz CT molecular complexity index is 872. The zero-order valence-electron chi connectivity index (χ0n) is 15.4. The van der Waals surface area contributed by atoms with Gasteiger partial charge in [-0.1, -0.05) is 49.2 Å². The van der Waals surface area contributed by atoms with Gasteiger partial charge in [0.15, 0.2) is 0 Å². The van der Waals surface area contributed by atoms with E-state index in [1.54, 1.807) is 6.07 Å². The van der Waals surface area contributed by atoms with Crippen LogP contribution in [0.1, 0.15) is 54.8 Å². The molecule has 1 atom stereocenters. The minimum atomic E-state index is -4.42. The number of para-hydroxylation sites is 1. The molecule has 1 heterocycles. The van der Waals surface area contributed by atoms with Crippen molar-refractivity contribution in [1.82, 2.24) is 5.32 Å². The molecule has 0 saturated heterocycles. The number of halogens is 3. The molecule has 1 N–H and O–H groups in total. The van der Waals surface area contributed by atoms with Gasteiger partial charge in [-0.05, 0) is 30.5 Å². The summed E-state index contributed by atoms with van der Waals surface area (Å²) in [6.07, 6.45) is -1.01. The van der Waals surface area contributed by atoms with E-state index < -0.39 is 17.2 Å². The van der Waals surface area contributed by atoms with Gasteiger partial charge in [-0.3, -0.25) is 4.79 Å². The Morgan fingerprint density at radius 1 is 1.07 bits per heavy atom. The van der Waals surface area contributed by atoms with Crippen molar-refractivity contribution in [2.24, 2.45) is 0 Å². The second-order valence-electron chi connectivity index (χ2n) is 7.57. The van der Waals surface area contributed by atoms with E-state index in [9.17, 15) is 18.0 Å². The number of rotatable bonds is 3. The summed E-state index contributed by atoms with van der Waals surface area (Å²) in [7, 11) is 0. The average Bonchev–Trinajstić information content (AvgIpc) is 3.19. The maximum atomic E-state index is 13.4. The van der Waals surface area contributed by atoms with E-state index in [0.29, 0.717) is 31.4 Å². The molecule has 28 heavy (non-hydrogen) atoms. The standard InChI is InChI=1S/C22H22F3NO2/c23-22(24,25)16-7-5-6-15(14-16)21(11-3-4-12-21)20(27)26-18-10-13-28-19-9-2-1-8-17(18)19/h1-2,5-9,14,18H,3-4,10-13H2,(H,26,27). The maximum Gasteiger partial charge on any atom is 0.416 e. The topological polar surface area (TPSA) is 38.3 Å². The van der Waals surface area contributed by atoms with Crippen LogP contribution >= 0.6 is 0 Å². The van der Waals surface area contributed by atoms with Gasteiger partial charge in [0, 0.05) is 12.0 Å². The molecular formula is C22H22F3NO2. The molecule has 2 aromatic carbocycles. The second-order valence-corrected chi connectivity index (χ2v) is 7.57. The van der Waals surface area contributed by atoms with E-state index in [4.69, 9.17) is 4.74 Å². The summed E-state index contributed by atoms with van der Waals surface area (Å²) in [5.41, 5.74) is -0.244. The minimum Gasteiger partial charge on any atom is -0.493 e. The van der Waals surface area contributed by atoms with Crippen molar-refractivity contribution in [2.45, 2.75) is 49.7 Å². The van der Waals surface area contributed by atoms with Crippen LogP contribution in [-0.2, 0) is 16.4 Å². The summed E-state index contributed by atoms with van der Waals surface area (Å²) in [5, 5.41) is 3.11. The first-order valence-corrected chi connectivity index (χ1v) is 9.61. The number of carbonyl (C=O) groups excluding carboxylic acids is 1. The van der Waals surface area contributed by atoms with Gasteiger partial charge >= 0.3 is 6.18 Å². The summed E-state index contributed by atoms with van der Waals surface area (Å²) >= 11 is 0. The van der Waals surface area contributed by atoms with Gasteiger partial charge < -0.3 is 10.1 Å². The molecule has 6 heteroatoms. The van der Waals surface area contributed by atoms with Crippen LogP contribution in [0.2, 0.25) is 0 Å². The van der Waals surface area contributed by atoms with Crippen LogP contribution in [0.3, 0.4) is 0 Å². The van der Waals surface area contributed by atoms with Gasteiger partial charge in [0.1, 0.15) is 5.75 Å². The molecule has 3 nitrogen and oxygen atoms in total. The van der Waals surface area contributed by atoms with E-state index in [0.717, 1.165) is 36.3 Å². The zero-order valence-corrected chi connectivity index (χ0v) is 15.4. The SMILES string of the molecule is O=C(NC1CCOc2ccccc21)C1(c2cccc(C(F)(F)F)c2)CCCC1. The number of amides is 1. The summed E-state index contributed by atoms with van der Waals surface area (Å²) in [6, 6.07) is 12.6. The normalized spacial score (nSPS) is 20.9. The van der Waals surface area contributed by atoms with Crippen LogP contribution in [0.4, 0.5) is 13.2 Å². The largest absolute Gasteiger partial charge is 0.493 e. The smallest absolute Gasteiger partial charge is 0.416 e. The van der Waals surface area contributed by atoms with Gasteiger partial charge in [0.05, 0.1) is 23.6 Å². The fourth-order valence-electron chi connectivity index (χ4n) is 4.41. The van der Waals surface area contributed by atoms with Crippen LogP contribution in [0.15, 0.2) is 48.5 Å². The monoisotopic (exact) mass is 389 g/mol. The fourth-order valence-corrected chi connectivity index (χ4v) is 4.41. The predicted octanol–water partition coefficient (Wildman–Crippen LogP) is 5.16. The van der Waals surface area contributed by atoms with Crippen LogP contribution in [0.25, 0.3) is 0 Å². The molecule has 2 aliphatic rings. The molecule has 0 spiro atoms. The third kappa shape index (κ3) is 3.36. The first kappa shape index (κ1) is 18.8. The van der Waals surface area contributed by atoms with Gasteiger partial charge in [-0.15, -0.1) is 0 Å². The predicted molar refractivity (Wildman–Crippen MR) is 99.0 cm³/mol. The van der Waals surface area contributed by atoms with Crippen molar-refractivity contribution in [3.05, 3.63) is 65.2 Å². The quantitative estimate of drug-likeness (QED) is 0.788. The van der Waals surface area contributed by atoms with Crippen LogP contribution < -0.4 is 10.1 Å². The van der Waals surface area contributed by atoms with Crippen molar-refractivity contribution >= 4 is 5.91 Å². The lowest BCUT2D eigenvalue weighted by Crippen LogP contribution is -2.45. The molecule has 1 fully saturated rings. The molecule has 0 aromatic heterocycles. The molecule has 0 bridgehead atoms. The molecule has 1 saturated carbocycles. The van der Waals surface area contributed by atoms with Gasteiger partial charge in [-0.2, -0.15) is 13.2 Å². The highest BCUT2D eigenvalue weighted by Crippen LogP contribution is 2.44. The number of benzene rings is 2. The molecule has 4 rings (SSSR count). The first-order valence-electron chi connectivity index (χ1n) is 9.61. The number of nitrogens with one attached hydrogen (secondary N) is 1. The zero-order chi connectivity index (χ0) is 19.8. The maximum absolute atomic E-state index is 13.4. The molecule has 2 aromatic rings. The van der Waals surface area contributed by atoms with E-state index in [-0.39, 0.29) is 11.9 Å². The number of hydrogen-bond donors (Lipinski definition) is 1. The molecule has 0 radical (unpaired) electrons. The number of carbonyl (C=O) groups is 1. The Morgan fingerprint density at radius 2 is 1.82 bits per heavy atom. The van der Waals surface area contributed by atoms with Gasteiger partial charge in [0.25, 0.3) is 0 Å². The molecule has 1 aliphatic carbocycles. The van der Waals surface area contributed by atoms with Crippen LogP contribution in [-0.4, -0.2) is 12.5 Å². The van der Waals surface area contributed by atoms with Crippen LogP contribution in [0.5, 0.6) is 5.75 Å². The third-order valence-corrected chi connectivity index (χ3v) is 5.90. The highest BCUT2D eigenvalue weighted by atomic mass is 19.4. The minimum absolute atomic E-state index is 0.189. The van der Waals surface area contributed by atoms with Crippen LogP contribution in [0, 0.1) is 0 Å². The van der Waals surface area contributed by atoms with Crippen molar-refractivity contribution in [3.8, 4) is 5.75 Å². The first-order chi connectivity index (χ1) is 13.4. The van der Waals surface area contributed by atoms with Gasteiger partial charge in [-0.25, -0.2) is 0 Å². The van der Waals surface area contributed by atoms with Gasteiger partial charge in [0.2, 0.25) is 5.91 Å². The second kappa shape index (κ2) is 7.15. The van der Waals surface area contributed by atoms with Crippen molar-refractivity contribution < 1.29 is 22.7 Å². The molecule has 1 aliphatic heterocycles. The lowest BCUT2D eigenvalue weighted by Gasteiger charge is -2.33. The number of ether oxygens (including phenoxy) is 1. The Labute approximate surface area is 161 Å². The van der Waals surface area contributed by atoms with Crippen molar-refractivity contribution in [2.75, 3.05) is 6.61 Å². The summed E-state index contributed by atoms with van der Waals surface area (Å²) in [6.45, 7) is 0.499. The van der Waals surface area contributed by atoms with E-state index in [1.165, 1.54) is 6.07 Å². The summed E-state index contributed by atoms with van der Waals surface area (Å²) in [4.78, 5) is 13.4. The van der Waals surface area contributed by atoms with E-state index >= 15 is 0 Å². The van der Waals surface area contributed by atoms with E-state index in [1.807, 2.05) is 24.3 Å². The Kier molecular flexibility index (Phi) is 4.81. The highest BCUT2D eigenvalue weighted by Gasteiger charge is 2.44. The Morgan fingerprint density at radius 3 is 2.57 bits per heavy atom. The molecular weight excluding hydrogens is 367 g/mol. The molecule has 1 amide bonds. The Balaban J connectivity index is 1.65. The van der Waals surface area contributed by atoms with Crippen molar-refractivity contribution in [3.63, 3.8) is 0 Å². The lowest BCUT2D eigenvalue weighted by atomic mass is 9.77. The summed E-state index contributed by atoms with van der Waals surface area (Å²) in [5.74, 6) is 0.560. The average molecular weight is 389 g/mol. The number of hydrogen-bond acceptors (Lipinski definition) is 2.